The van der Waals surface area contributed by atoms with Crippen LogP contribution in [0.5, 0.6) is 0 Å². The lowest BCUT2D eigenvalue weighted by Crippen LogP contribution is -2.25. The van der Waals surface area contributed by atoms with Gasteiger partial charge in [-0.15, -0.1) is 0 Å². The van der Waals surface area contributed by atoms with Gasteiger partial charge in [0.15, 0.2) is 0 Å². The molecule has 0 saturated heterocycles. The second-order valence-electron chi connectivity index (χ2n) is 3.48. The minimum absolute atomic E-state index is 0.164. The van der Waals surface area contributed by atoms with E-state index in [9.17, 15) is 0 Å². The predicted octanol–water partition coefficient (Wildman–Crippen LogP) is 1.76. The van der Waals surface area contributed by atoms with Crippen LogP contribution in [0.1, 0.15) is 13.3 Å². The van der Waals surface area contributed by atoms with Gasteiger partial charge in [-0.05, 0) is 18.6 Å². The Morgan fingerprint density at radius 3 is 2.59 bits per heavy atom. The molecule has 0 fully saturated rings. The van der Waals surface area contributed by atoms with Gasteiger partial charge in [-0.2, -0.15) is 10.5 Å². The number of nitrogens with one attached hydrogen (secondary N) is 1. The van der Waals surface area contributed by atoms with Crippen LogP contribution in [0, 0.1) is 22.7 Å². The highest BCUT2D eigenvalue weighted by Crippen LogP contribution is 2.13. The highest BCUT2D eigenvalue weighted by atomic mass is 15.2. The molecule has 1 heterocycles. The van der Waals surface area contributed by atoms with Gasteiger partial charge in [-0.25, -0.2) is 4.98 Å². The third-order valence-electron chi connectivity index (χ3n) is 2.14. The molecule has 0 aliphatic rings. The zero-order chi connectivity index (χ0) is 12.5. The molecule has 0 unspecified atom stereocenters. The number of aromatic nitrogens is 1. The third kappa shape index (κ3) is 4.00. The summed E-state index contributed by atoms with van der Waals surface area (Å²) in [6.07, 6.45) is 1.02. The van der Waals surface area contributed by atoms with E-state index >= 15 is 0 Å². The molecule has 17 heavy (non-hydrogen) atoms. The molecule has 88 valence electrons. The molecule has 5 nitrogen and oxygen atoms in total. The summed E-state index contributed by atoms with van der Waals surface area (Å²) in [4.78, 5) is 6.00. The average Bonchev–Trinajstić information content (AvgIpc) is 2.36. The maximum atomic E-state index is 8.69. The summed E-state index contributed by atoms with van der Waals surface area (Å²) in [7, 11) is 0. The van der Waals surface area contributed by atoms with Crippen molar-refractivity contribution in [3.05, 3.63) is 18.2 Å². The van der Waals surface area contributed by atoms with Gasteiger partial charge >= 0.3 is 0 Å². The smallest absolute Gasteiger partial charge is 0.132 e. The van der Waals surface area contributed by atoms with E-state index in [-0.39, 0.29) is 13.1 Å². The van der Waals surface area contributed by atoms with Crippen molar-refractivity contribution in [2.45, 2.75) is 13.3 Å². The van der Waals surface area contributed by atoms with Crippen molar-refractivity contribution in [1.82, 2.24) is 4.98 Å². The number of hydrogen-bond donors (Lipinski definition) is 1. The number of pyridine rings is 1. The van der Waals surface area contributed by atoms with Crippen LogP contribution < -0.4 is 10.2 Å². The highest BCUT2D eigenvalue weighted by Gasteiger charge is 2.07. The summed E-state index contributed by atoms with van der Waals surface area (Å²) in [6, 6.07) is 9.59. The fraction of sp³-hybridized carbons (Fsp3) is 0.417. The second-order valence-corrected chi connectivity index (χ2v) is 3.48. The Morgan fingerprint density at radius 2 is 2.00 bits per heavy atom. The first-order valence-electron chi connectivity index (χ1n) is 5.51. The summed E-state index contributed by atoms with van der Waals surface area (Å²) in [6.45, 7) is 3.26. The first-order chi connectivity index (χ1) is 8.31. The van der Waals surface area contributed by atoms with Crippen LogP contribution in [0.2, 0.25) is 0 Å². The summed E-state index contributed by atoms with van der Waals surface area (Å²) < 4.78 is 0. The van der Waals surface area contributed by atoms with Crippen molar-refractivity contribution < 1.29 is 0 Å². The summed E-state index contributed by atoms with van der Waals surface area (Å²) in [5, 5.41) is 20.6. The van der Waals surface area contributed by atoms with E-state index in [1.54, 1.807) is 11.0 Å². The normalized spacial score (nSPS) is 9.12. The van der Waals surface area contributed by atoms with E-state index in [2.05, 4.69) is 17.2 Å². The number of nitriles is 2. The van der Waals surface area contributed by atoms with Crippen molar-refractivity contribution in [3.8, 4) is 12.1 Å². The van der Waals surface area contributed by atoms with Gasteiger partial charge in [-0.1, -0.05) is 13.0 Å². The Labute approximate surface area is 101 Å². The monoisotopic (exact) mass is 229 g/mol. The lowest BCUT2D eigenvalue weighted by molar-refractivity contribution is 0.926. The van der Waals surface area contributed by atoms with Crippen molar-refractivity contribution in [2.24, 2.45) is 0 Å². The molecule has 1 N–H and O–H groups in total. The van der Waals surface area contributed by atoms with Crippen LogP contribution >= 0.6 is 0 Å². The molecule has 5 heteroatoms. The first kappa shape index (κ1) is 12.8. The maximum absolute atomic E-state index is 8.69. The molecule has 0 spiro atoms. The van der Waals surface area contributed by atoms with Crippen LogP contribution in [0.4, 0.5) is 11.6 Å². The standard InChI is InChI=1S/C12H15N5/c1-2-8-15-11-4-3-5-12(16-11)17(9-6-13)10-7-14/h3-5H,2,8-10H2,1H3,(H,15,16). The van der Waals surface area contributed by atoms with Gasteiger partial charge in [0, 0.05) is 6.54 Å². The summed E-state index contributed by atoms with van der Waals surface area (Å²) in [5.41, 5.74) is 0. The summed E-state index contributed by atoms with van der Waals surface area (Å²) >= 11 is 0. The van der Waals surface area contributed by atoms with Gasteiger partial charge in [0.05, 0.1) is 12.1 Å². The number of hydrogen-bond acceptors (Lipinski definition) is 5. The molecule has 0 saturated carbocycles. The third-order valence-corrected chi connectivity index (χ3v) is 2.14. The van der Waals surface area contributed by atoms with E-state index < -0.39 is 0 Å². The van der Waals surface area contributed by atoms with Crippen LogP contribution in [-0.2, 0) is 0 Å². The lowest BCUT2D eigenvalue weighted by Gasteiger charge is -2.17. The quantitative estimate of drug-likeness (QED) is 0.752. The fourth-order valence-electron chi connectivity index (χ4n) is 1.34. The largest absolute Gasteiger partial charge is 0.370 e. The van der Waals surface area contributed by atoms with E-state index in [4.69, 9.17) is 10.5 Å². The molecule has 0 aromatic carbocycles. The van der Waals surface area contributed by atoms with E-state index in [1.807, 2.05) is 24.3 Å². The first-order valence-corrected chi connectivity index (χ1v) is 5.51. The fourth-order valence-corrected chi connectivity index (χ4v) is 1.34. The van der Waals surface area contributed by atoms with Crippen LogP contribution in [0.15, 0.2) is 18.2 Å². The van der Waals surface area contributed by atoms with Crippen LogP contribution in [0.25, 0.3) is 0 Å². The van der Waals surface area contributed by atoms with Crippen molar-refractivity contribution >= 4 is 11.6 Å². The Hall–Kier alpha value is -2.27. The van der Waals surface area contributed by atoms with E-state index in [1.165, 1.54) is 0 Å². The molecule has 0 aliphatic heterocycles. The predicted molar refractivity (Wildman–Crippen MR) is 66.5 cm³/mol. The zero-order valence-electron chi connectivity index (χ0n) is 9.85. The average molecular weight is 229 g/mol. The van der Waals surface area contributed by atoms with Gasteiger partial charge in [0.2, 0.25) is 0 Å². The maximum Gasteiger partial charge on any atom is 0.132 e. The lowest BCUT2D eigenvalue weighted by atomic mass is 10.4. The molecule has 0 amide bonds. The number of rotatable bonds is 6. The Kier molecular flexibility index (Phi) is 5.33. The van der Waals surface area contributed by atoms with Crippen molar-refractivity contribution in [3.63, 3.8) is 0 Å². The molecule has 0 bridgehead atoms. The van der Waals surface area contributed by atoms with Gasteiger partial charge < -0.3 is 10.2 Å². The van der Waals surface area contributed by atoms with Gasteiger partial charge in [0.25, 0.3) is 0 Å². The molecule has 0 radical (unpaired) electrons. The molecule has 0 atom stereocenters. The second kappa shape index (κ2) is 7.08. The van der Waals surface area contributed by atoms with Gasteiger partial charge in [-0.3, -0.25) is 0 Å². The Balaban J connectivity index is 2.81. The summed E-state index contributed by atoms with van der Waals surface area (Å²) in [5.74, 6) is 1.42. The Bertz CT molecular complexity index is 413. The number of nitrogens with zero attached hydrogens (tertiary/aromatic N) is 4. The molecular weight excluding hydrogens is 214 g/mol. The number of anilines is 2. The Morgan fingerprint density at radius 1 is 1.29 bits per heavy atom. The van der Waals surface area contributed by atoms with Crippen LogP contribution in [0.3, 0.4) is 0 Å². The molecular formula is C12H15N5. The molecule has 1 aromatic heterocycles. The minimum atomic E-state index is 0.164. The van der Waals surface area contributed by atoms with E-state index in [0.717, 1.165) is 18.8 Å². The van der Waals surface area contributed by atoms with Crippen LogP contribution in [-0.4, -0.2) is 24.6 Å². The van der Waals surface area contributed by atoms with Crippen molar-refractivity contribution in [1.29, 1.82) is 10.5 Å². The highest BCUT2D eigenvalue weighted by molar-refractivity contribution is 5.48. The SMILES string of the molecule is CCCNc1cccc(N(CC#N)CC#N)n1. The van der Waals surface area contributed by atoms with Gasteiger partial charge in [0.1, 0.15) is 24.7 Å². The van der Waals surface area contributed by atoms with Crippen molar-refractivity contribution in [2.75, 3.05) is 29.9 Å². The molecule has 1 aromatic rings. The minimum Gasteiger partial charge on any atom is -0.370 e. The van der Waals surface area contributed by atoms with E-state index in [0.29, 0.717) is 5.82 Å². The molecule has 0 aliphatic carbocycles. The molecule has 1 rings (SSSR count). The topological polar surface area (TPSA) is 75.7 Å². The zero-order valence-corrected chi connectivity index (χ0v) is 9.85.